The number of methoxy groups -OCH3 is 1. The summed E-state index contributed by atoms with van der Waals surface area (Å²) in [4.78, 5) is 24.2. The van der Waals surface area contributed by atoms with E-state index >= 15 is 0 Å². The second-order valence-electron chi connectivity index (χ2n) is 11.3. The van der Waals surface area contributed by atoms with Crippen LogP contribution in [0.15, 0.2) is 11.6 Å². The molecule has 32 heavy (non-hydrogen) atoms. The number of ether oxygens (including phenoxy) is 4. The maximum absolute atomic E-state index is 12.4. The van der Waals surface area contributed by atoms with Gasteiger partial charge in [0.05, 0.1) is 39.0 Å². The lowest BCUT2D eigenvalue weighted by Crippen LogP contribution is -2.58. The molecule has 3 saturated carbocycles. The Kier molecular flexibility index (Phi) is 5.68. The first-order valence-corrected chi connectivity index (χ1v) is 12.4. The number of carbonyl (C=O) groups excluding carboxylic acids is 2. The van der Waals surface area contributed by atoms with Gasteiger partial charge in [0.1, 0.15) is 6.10 Å². The molecule has 6 heteroatoms. The lowest BCUT2D eigenvalue weighted by atomic mass is 9.45. The van der Waals surface area contributed by atoms with Crippen molar-refractivity contribution in [3.8, 4) is 0 Å². The van der Waals surface area contributed by atoms with Gasteiger partial charge in [-0.25, -0.2) is 0 Å². The standard InChI is InChI=1S/C26H38O6/c1-15(27)32-23-6-5-18-17-11-16(12-24(28)29-4)20-13-21-22(31-10-9-30-21)14-26(20,3)19(17)7-8-25(18,23)2/h11,17-23H,5-10,12-14H2,1-4H3/t17-,18-,19-,20+,21?,22?,23?,25-,26+/m0/s1. The van der Waals surface area contributed by atoms with E-state index in [0.29, 0.717) is 43.3 Å². The summed E-state index contributed by atoms with van der Waals surface area (Å²) in [5.41, 5.74) is 1.31. The molecule has 0 amide bonds. The van der Waals surface area contributed by atoms with E-state index in [1.165, 1.54) is 19.6 Å². The van der Waals surface area contributed by atoms with E-state index in [9.17, 15) is 9.59 Å². The van der Waals surface area contributed by atoms with Crippen molar-refractivity contribution >= 4 is 11.9 Å². The van der Waals surface area contributed by atoms with Crippen LogP contribution in [0.5, 0.6) is 0 Å². The van der Waals surface area contributed by atoms with Crippen molar-refractivity contribution < 1.29 is 28.5 Å². The Hall–Kier alpha value is -1.40. The molecule has 1 heterocycles. The number of hydrogen-bond acceptors (Lipinski definition) is 6. The van der Waals surface area contributed by atoms with Crippen LogP contribution in [0.3, 0.4) is 0 Å². The van der Waals surface area contributed by atoms with Gasteiger partial charge in [-0.2, -0.15) is 0 Å². The van der Waals surface area contributed by atoms with Gasteiger partial charge < -0.3 is 18.9 Å². The topological polar surface area (TPSA) is 71.1 Å². The lowest BCUT2D eigenvalue weighted by molar-refractivity contribution is -0.201. The zero-order chi connectivity index (χ0) is 22.7. The average Bonchev–Trinajstić information content (AvgIpc) is 3.08. The van der Waals surface area contributed by atoms with E-state index in [2.05, 4.69) is 19.9 Å². The molecule has 1 aliphatic heterocycles. The van der Waals surface area contributed by atoms with E-state index in [1.54, 1.807) is 0 Å². The predicted octanol–water partition coefficient (Wildman–Crippen LogP) is 4.06. The zero-order valence-electron chi connectivity index (χ0n) is 19.9. The number of carbonyl (C=O) groups is 2. The fourth-order valence-corrected chi connectivity index (χ4v) is 8.41. The fourth-order valence-electron chi connectivity index (χ4n) is 8.41. The predicted molar refractivity (Wildman–Crippen MR) is 118 cm³/mol. The molecule has 6 nitrogen and oxygen atoms in total. The van der Waals surface area contributed by atoms with Crippen LogP contribution in [0.2, 0.25) is 0 Å². The van der Waals surface area contributed by atoms with Gasteiger partial charge in [0.2, 0.25) is 0 Å². The van der Waals surface area contributed by atoms with Crippen LogP contribution in [0.4, 0.5) is 0 Å². The smallest absolute Gasteiger partial charge is 0.309 e. The summed E-state index contributed by atoms with van der Waals surface area (Å²) in [5.74, 6) is 1.40. The highest BCUT2D eigenvalue weighted by molar-refractivity contribution is 5.72. The van der Waals surface area contributed by atoms with Crippen molar-refractivity contribution in [1.29, 1.82) is 0 Å². The van der Waals surface area contributed by atoms with Crippen LogP contribution in [-0.2, 0) is 28.5 Å². The van der Waals surface area contributed by atoms with Gasteiger partial charge in [-0.1, -0.05) is 25.5 Å². The van der Waals surface area contributed by atoms with E-state index in [-0.39, 0.29) is 41.1 Å². The molecule has 0 aromatic heterocycles. The molecular weight excluding hydrogens is 408 g/mol. The first-order chi connectivity index (χ1) is 15.3. The Morgan fingerprint density at radius 1 is 1.06 bits per heavy atom. The highest BCUT2D eigenvalue weighted by Crippen LogP contribution is 2.66. The first-order valence-electron chi connectivity index (χ1n) is 12.4. The van der Waals surface area contributed by atoms with E-state index in [4.69, 9.17) is 18.9 Å². The monoisotopic (exact) mass is 446 g/mol. The van der Waals surface area contributed by atoms with Crippen LogP contribution in [0.1, 0.15) is 65.7 Å². The number of rotatable bonds is 3. The maximum Gasteiger partial charge on any atom is 0.309 e. The summed E-state index contributed by atoms with van der Waals surface area (Å²) in [6.45, 7) is 7.62. The van der Waals surface area contributed by atoms with E-state index in [0.717, 1.165) is 38.5 Å². The molecule has 5 rings (SSSR count). The molecule has 0 aromatic carbocycles. The number of esters is 2. The third-order valence-electron chi connectivity index (χ3n) is 9.90. The largest absolute Gasteiger partial charge is 0.469 e. The minimum absolute atomic E-state index is 0.000231. The second-order valence-corrected chi connectivity index (χ2v) is 11.3. The molecule has 0 N–H and O–H groups in total. The molecule has 9 atom stereocenters. The molecule has 4 aliphatic carbocycles. The van der Waals surface area contributed by atoms with Gasteiger partial charge in [-0.15, -0.1) is 0 Å². The van der Waals surface area contributed by atoms with E-state index < -0.39 is 0 Å². The highest BCUT2D eigenvalue weighted by Gasteiger charge is 2.62. The number of allylic oxidation sites excluding steroid dienone is 1. The summed E-state index contributed by atoms with van der Waals surface area (Å²) < 4.78 is 23.2. The van der Waals surface area contributed by atoms with Crippen molar-refractivity contribution in [2.24, 2.45) is 34.5 Å². The van der Waals surface area contributed by atoms with Crippen LogP contribution in [-0.4, -0.2) is 50.6 Å². The van der Waals surface area contributed by atoms with Crippen molar-refractivity contribution in [3.05, 3.63) is 11.6 Å². The molecule has 0 aromatic rings. The van der Waals surface area contributed by atoms with Crippen molar-refractivity contribution in [1.82, 2.24) is 0 Å². The van der Waals surface area contributed by atoms with Crippen LogP contribution < -0.4 is 0 Å². The molecule has 4 fully saturated rings. The highest BCUT2D eigenvalue weighted by atomic mass is 16.6. The van der Waals surface area contributed by atoms with Crippen LogP contribution in [0.25, 0.3) is 0 Å². The molecular formula is C26H38O6. The Morgan fingerprint density at radius 3 is 2.50 bits per heavy atom. The lowest BCUT2D eigenvalue weighted by Gasteiger charge is -2.61. The van der Waals surface area contributed by atoms with Gasteiger partial charge in [0.15, 0.2) is 0 Å². The Labute approximate surface area is 191 Å². The average molecular weight is 447 g/mol. The summed E-state index contributed by atoms with van der Waals surface area (Å²) >= 11 is 0. The summed E-state index contributed by atoms with van der Waals surface area (Å²) in [6, 6.07) is 0. The minimum atomic E-state index is -0.177. The van der Waals surface area contributed by atoms with Gasteiger partial charge in [-0.3, -0.25) is 9.59 Å². The normalized spacial score (nSPS) is 47.2. The van der Waals surface area contributed by atoms with E-state index in [1.807, 2.05) is 0 Å². The molecule has 1 saturated heterocycles. The van der Waals surface area contributed by atoms with Gasteiger partial charge in [-0.05, 0) is 67.6 Å². The van der Waals surface area contributed by atoms with Crippen LogP contribution in [0, 0.1) is 34.5 Å². The number of fused-ring (bicyclic) bond motifs is 6. The Morgan fingerprint density at radius 2 is 1.78 bits per heavy atom. The Balaban J connectivity index is 1.51. The Bertz CT molecular complexity index is 806. The molecule has 0 bridgehead atoms. The zero-order valence-corrected chi connectivity index (χ0v) is 19.9. The summed E-state index contributed by atoms with van der Waals surface area (Å²) in [7, 11) is 1.47. The number of hydrogen-bond donors (Lipinski definition) is 0. The second kappa shape index (κ2) is 8.12. The first kappa shape index (κ1) is 22.4. The minimum Gasteiger partial charge on any atom is -0.469 e. The van der Waals surface area contributed by atoms with Gasteiger partial charge in [0, 0.05) is 12.3 Å². The molecule has 0 spiro atoms. The molecule has 178 valence electrons. The molecule has 5 aliphatic rings. The van der Waals surface area contributed by atoms with Crippen molar-refractivity contribution in [2.45, 2.75) is 84.0 Å². The molecule has 3 unspecified atom stereocenters. The SMILES string of the molecule is COC(=O)CC1=C[C@@H]2[C@H](CC[C@]3(C)C(OC(C)=O)CC[C@@H]23)[C@@]2(C)CC3OCCOC3C[C@H]12. The van der Waals surface area contributed by atoms with Crippen molar-refractivity contribution in [3.63, 3.8) is 0 Å². The quantitative estimate of drug-likeness (QED) is 0.481. The third-order valence-corrected chi connectivity index (χ3v) is 9.90. The summed E-state index contributed by atoms with van der Waals surface area (Å²) in [6.07, 6.45) is 9.19. The fraction of sp³-hybridized carbons (Fsp3) is 0.846. The maximum atomic E-state index is 12.4. The van der Waals surface area contributed by atoms with Crippen molar-refractivity contribution in [2.75, 3.05) is 20.3 Å². The summed E-state index contributed by atoms with van der Waals surface area (Å²) in [5, 5.41) is 0. The third kappa shape index (κ3) is 3.44. The molecule has 0 radical (unpaired) electrons. The van der Waals surface area contributed by atoms with Crippen LogP contribution >= 0.6 is 0 Å². The van der Waals surface area contributed by atoms with Gasteiger partial charge >= 0.3 is 11.9 Å². The van der Waals surface area contributed by atoms with Gasteiger partial charge in [0.25, 0.3) is 0 Å².